The summed E-state index contributed by atoms with van der Waals surface area (Å²) < 4.78 is 5.49. The van der Waals surface area contributed by atoms with Gasteiger partial charge in [0.05, 0.1) is 9.40 Å². The van der Waals surface area contributed by atoms with E-state index < -0.39 is 0 Å². The lowest BCUT2D eigenvalue weighted by molar-refractivity contribution is 1.64. The van der Waals surface area contributed by atoms with Crippen LogP contribution in [0.15, 0.2) is 170 Å². The van der Waals surface area contributed by atoms with Crippen LogP contribution in [0.2, 0.25) is 0 Å². The van der Waals surface area contributed by atoms with Crippen LogP contribution in [0.25, 0.3) is 106 Å². The molecule has 0 fully saturated rings. The first-order valence-corrected chi connectivity index (χ1v) is 18.7. The third kappa shape index (κ3) is 4.16. The van der Waals surface area contributed by atoms with E-state index in [0.717, 1.165) is 0 Å². The van der Waals surface area contributed by atoms with Crippen molar-refractivity contribution in [2.24, 2.45) is 0 Å². The van der Waals surface area contributed by atoms with E-state index in [1.807, 2.05) is 22.7 Å². The van der Waals surface area contributed by atoms with E-state index in [9.17, 15) is 0 Å². The van der Waals surface area contributed by atoms with E-state index in [1.165, 1.54) is 106 Å². The van der Waals surface area contributed by atoms with Crippen LogP contribution in [0.1, 0.15) is 0 Å². The van der Waals surface area contributed by atoms with Crippen molar-refractivity contribution < 1.29 is 0 Å². The van der Waals surface area contributed by atoms with Crippen LogP contribution in [0.5, 0.6) is 0 Å². The Hall–Kier alpha value is -5.80. The van der Waals surface area contributed by atoms with Crippen molar-refractivity contribution in [3.63, 3.8) is 0 Å². The molecule has 232 valence electrons. The van der Waals surface area contributed by atoms with Gasteiger partial charge in [-0.3, -0.25) is 0 Å². The molecular weight excluding hydrogens is 641 g/mol. The van der Waals surface area contributed by atoms with Gasteiger partial charge in [0.25, 0.3) is 0 Å². The molecule has 0 N–H and O–H groups in total. The molecular formula is C48H28S2. The Morgan fingerprint density at radius 3 is 1.36 bits per heavy atom. The molecule has 0 radical (unpaired) electrons. The van der Waals surface area contributed by atoms with Crippen LogP contribution in [0.4, 0.5) is 0 Å². The molecule has 9 aromatic carbocycles. The van der Waals surface area contributed by atoms with Crippen LogP contribution in [-0.2, 0) is 0 Å². The minimum atomic E-state index is 1.24. The average Bonchev–Trinajstić information content (AvgIpc) is 3.75. The molecule has 0 spiro atoms. The van der Waals surface area contributed by atoms with Gasteiger partial charge < -0.3 is 0 Å². The van der Waals surface area contributed by atoms with Gasteiger partial charge in [0.2, 0.25) is 0 Å². The van der Waals surface area contributed by atoms with Crippen molar-refractivity contribution >= 4 is 95.3 Å². The molecule has 11 rings (SSSR count). The third-order valence-electron chi connectivity index (χ3n) is 10.4. The Balaban J connectivity index is 1.12. The van der Waals surface area contributed by atoms with Crippen molar-refractivity contribution in [1.29, 1.82) is 0 Å². The molecule has 0 saturated carbocycles. The SMILES string of the molecule is c1ccc(-c2ccc3cc(-c4c5ccccc5c(-c5ccc6sc7c(ccc8c9ccccc9sc87)c6c5)c5ccccc45)ccc3c2)cc1. The summed E-state index contributed by atoms with van der Waals surface area (Å²) in [7, 11) is 0. The van der Waals surface area contributed by atoms with Crippen molar-refractivity contribution in [2.75, 3.05) is 0 Å². The zero-order valence-electron chi connectivity index (χ0n) is 27.0. The summed E-state index contributed by atoms with van der Waals surface area (Å²) in [5, 5.41) is 13.0. The van der Waals surface area contributed by atoms with Gasteiger partial charge in [-0.25, -0.2) is 0 Å². The molecule has 2 heteroatoms. The standard InChI is InChI=1S/C48H28S2/c1-2-10-29(11-3-1)30-18-19-32-27-33(21-20-31(32)26-30)45-36-13-4-6-15-38(36)46(39-16-7-5-14-37(39)45)34-22-25-44-42(28-34)41-24-23-40-35-12-8-9-17-43(35)49-47(40)48(41)50-44/h1-28H. The van der Waals surface area contributed by atoms with Crippen molar-refractivity contribution in [3.8, 4) is 33.4 Å². The Morgan fingerprint density at radius 2 is 0.720 bits per heavy atom. The molecule has 0 aliphatic carbocycles. The molecule has 0 nitrogen and oxygen atoms in total. The number of fused-ring (bicyclic) bond motifs is 10. The van der Waals surface area contributed by atoms with Crippen LogP contribution < -0.4 is 0 Å². The zero-order valence-corrected chi connectivity index (χ0v) is 28.6. The Bertz CT molecular complexity index is 3080. The van der Waals surface area contributed by atoms with Crippen LogP contribution in [0, 0.1) is 0 Å². The predicted molar refractivity (Wildman–Crippen MR) is 221 cm³/mol. The van der Waals surface area contributed by atoms with Crippen molar-refractivity contribution in [2.45, 2.75) is 0 Å². The van der Waals surface area contributed by atoms with Gasteiger partial charge in [0, 0.05) is 30.9 Å². The lowest BCUT2D eigenvalue weighted by Gasteiger charge is -2.18. The van der Waals surface area contributed by atoms with Gasteiger partial charge in [-0.05, 0) is 96.0 Å². The molecule has 2 aromatic heterocycles. The highest BCUT2D eigenvalue weighted by Crippen LogP contribution is 2.48. The fraction of sp³-hybridized carbons (Fsp3) is 0. The summed E-state index contributed by atoms with van der Waals surface area (Å²) in [6.07, 6.45) is 0. The first-order chi connectivity index (χ1) is 24.8. The first kappa shape index (κ1) is 28.1. The monoisotopic (exact) mass is 668 g/mol. The van der Waals surface area contributed by atoms with Crippen LogP contribution >= 0.6 is 22.7 Å². The number of benzene rings is 9. The topological polar surface area (TPSA) is 0 Å². The largest absolute Gasteiger partial charge is 0.134 e. The summed E-state index contributed by atoms with van der Waals surface area (Å²) in [5.74, 6) is 0. The number of hydrogen-bond donors (Lipinski definition) is 0. The molecule has 0 atom stereocenters. The molecule has 0 bridgehead atoms. The van der Waals surface area contributed by atoms with Gasteiger partial charge in [-0.15, -0.1) is 22.7 Å². The molecule has 0 aliphatic heterocycles. The van der Waals surface area contributed by atoms with Crippen molar-refractivity contribution in [1.82, 2.24) is 0 Å². The minimum Gasteiger partial charge on any atom is -0.134 e. The summed E-state index contributed by atoms with van der Waals surface area (Å²) in [6, 6.07) is 63.0. The molecule has 2 heterocycles. The number of hydrogen-bond acceptors (Lipinski definition) is 2. The molecule has 0 unspecified atom stereocenters. The fourth-order valence-electron chi connectivity index (χ4n) is 8.13. The fourth-order valence-corrected chi connectivity index (χ4v) is 10.7. The van der Waals surface area contributed by atoms with Crippen molar-refractivity contribution in [3.05, 3.63) is 170 Å². The van der Waals surface area contributed by atoms with E-state index in [2.05, 4.69) is 170 Å². The summed E-state index contributed by atoms with van der Waals surface area (Å²) in [6.45, 7) is 0. The number of rotatable bonds is 3. The zero-order chi connectivity index (χ0) is 32.8. The maximum atomic E-state index is 2.45. The molecule has 0 amide bonds. The van der Waals surface area contributed by atoms with E-state index >= 15 is 0 Å². The highest BCUT2D eigenvalue weighted by Gasteiger charge is 2.19. The summed E-state index contributed by atoms with van der Waals surface area (Å²) >= 11 is 3.85. The maximum absolute atomic E-state index is 2.45. The molecule has 11 aromatic rings. The Kier molecular flexibility index (Phi) is 6.09. The second-order valence-electron chi connectivity index (χ2n) is 13.2. The van der Waals surface area contributed by atoms with Gasteiger partial charge in [0.1, 0.15) is 0 Å². The van der Waals surface area contributed by atoms with Gasteiger partial charge in [0.15, 0.2) is 0 Å². The second-order valence-corrected chi connectivity index (χ2v) is 15.3. The number of thiophene rings is 2. The highest BCUT2D eigenvalue weighted by molar-refractivity contribution is 7.33. The van der Waals surface area contributed by atoms with E-state index in [-0.39, 0.29) is 0 Å². The predicted octanol–water partition coefficient (Wildman–Crippen LogP) is 14.9. The smallest absolute Gasteiger partial charge is 0.0534 e. The van der Waals surface area contributed by atoms with E-state index in [0.29, 0.717) is 0 Å². The quantitative estimate of drug-likeness (QED) is 0.164. The minimum absolute atomic E-state index is 1.24. The lowest BCUT2D eigenvalue weighted by atomic mass is 9.85. The van der Waals surface area contributed by atoms with E-state index in [4.69, 9.17) is 0 Å². The Morgan fingerprint density at radius 1 is 0.260 bits per heavy atom. The van der Waals surface area contributed by atoms with Gasteiger partial charge in [-0.1, -0.05) is 140 Å². The molecule has 0 aliphatic rings. The normalized spacial score (nSPS) is 12.0. The third-order valence-corrected chi connectivity index (χ3v) is 13.0. The lowest BCUT2D eigenvalue weighted by Crippen LogP contribution is -1.91. The van der Waals surface area contributed by atoms with Gasteiger partial charge >= 0.3 is 0 Å². The van der Waals surface area contributed by atoms with Crippen LogP contribution in [0.3, 0.4) is 0 Å². The molecule has 0 saturated heterocycles. The average molecular weight is 669 g/mol. The second kappa shape index (κ2) is 10.9. The molecule has 50 heavy (non-hydrogen) atoms. The highest BCUT2D eigenvalue weighted by atomic mass is 32.1. The summed E-state index contributed by atoms with van der Waals surface area (Å²) in [4.78, 5) is 0. The van der Waals surface area contributed by atoms with E-state index in [1.54, 1.807) is 0 Å². The van der Waals surface area contributed by atoms with Gasteiger partial charge in [-0.2, -0.15) is 0 Å². The maximum Gasteiger partial charge on any atom is 0.0534 e. The summed E-state index contributed by atoms with van der Waals surface area (Å²) in [5.41, 5.74) is 7.60. The first-order valence-electron chi connectivity index (χ1n) is 17.1. The Labute approximate surface area is 297 Å². The van der Waals surface area contributed by atoms with Crippen LogP contribution in [-0.4, -0.2) is 0 Å².